The lowest BCUT2D eigenvalue weighted by atomic mass is 10.1. The molecule has 0 spiro atoms. The van der Waals surface area contributed by atoms with Gasteiger partial charge in [-0.25, -0.2) is 0 Å². The van der Waals surface area contributed by atoms with Crippen LogP contribution in [0.4, 0.5) is 5.69 Å². The van der Waals surface area contributed by atoms with Gasteiger partial charge in [0, 0.05) is 29.7 Å². The van der Waals surface area contributed by atoms with Crippen molar-refractivity contribution in [3.05, 3.63) is 39.9 Å². The van der Waals surface area contributed by atoms with Gasteiger partial charge in [0.2, 0.25) is 0 Å². The number of hydrogen-bond acceptors (Lipinski definition) is 2. The number of carbonyl (C=O) groups excluding carboxylic acids is 1. The fourth-order valence-corrected chi connectivity index (χ4v) is 3.37. The first kappa shape index (κ1) is 12.9. The van der Waals surface area contributed by atoms with Gasteiger partial charge in [-0.15, -0.1) is 0 Å². The van der Waals surface area contributed by atoms with Crippen LogP contribution in [0.25, 0.3) is 0 Å². The van der Waals surface area contributed by atoms with Gasteiger partial charge in [0.15, 0.2) is 0 Å². The fraction of sp³-hybridized carbons (Fsp3) is 0.400. The van der Waals surface area contributed by atoms with E-state index in [0.29, 0.717) is 0 Å². The molecule has 0 radical (unpaired) electrons. The largest absolute Gasteiger partial charge is 0.307 e. The number of para-hydroxylation sites is 1. The normalized spacial score (nSPS) is 19.3. The third-order valence-corrected chi connectivity index (χ3v) is 4.52. The molecule has 0 bridgehead atoms. The maximum absolute atomic E-state index is 12.6. The molecule has 0 N–H and O–H groups in total. The number of carbonyl (C=O) groups is 1. The summed E-state index contributed by atoms with van der Waals surface area (Å²) in [5, 5.41) is 0. The Morgan fingerprint density at radius 2 is 2.11 bits per heavy atom. The van der Waals surface area contributed by atoms with Crippen molar-refractivity contribution in [1.29, 1.82) is 0 Å². The number of fused-ring (bicyclic) bond motifs is 1. The Labute approximate surface area is 122 Å². The van der Waals surface area contributed by atoms with E-state index >= 15 is 0 Å². The zero-order chi connectivity index (χ0) is 13.4. The Morgan fingerprint density at radius 3 is 2.84 bits per heavy atom. The number of hydrogen-bond donors (Lipinski definition) is 0. The Kier molecular flexibility index (Phi) is 3.46. The molecule has 0 saturated carbocycles. The number of halogens is 1. The van der Waals surface area contributed by atoms with Crippen LogP contribution in [0.15, 0.2) is 34.3 Å². The molecular formula is C15H17BrN2O. The van der Waals surface area contributed by atoms with Crippen molar-refractivity contribution in [3.8, 4) is 0 Å². The average molecular weight is 321 g/mol. The average Bonchev–Trinajstić information content (AvgIpc) is 2.84. The van der Waals surface area contributed by atoms with Gasteiger partial charge < -0.3 is 9.80 Å². The number of benzene rings is 1. The monoisotopic (exact) mass is 320 g/mol. The van der Waals surface area contributed by atoms with Crippen LogP contribution < -0.4 is 4.90 Å². The molecule has 2 aliphatic heterocycles. The summed E-state index contributed by atoms with van der Waals surface area (Å²) < 4.78 is 1.02. The molecule has 100 valence electrons. The Hall–Kier alpha value is -1.13. The second-order valence-electron chi connectivity index (χ2n) is 5.20. The van der Waals surface area contributed by atoms with E-state index < -0.39 is 0 Å². The molecule has 0 aliphatic carbocycles. The summed E-state index contributed by atoms with van der Waals surface area (Å²) in [7, 11) is 2.08. The maximum Gasteiger partial charge on any atom is 0.254 e. The quantitative estimate of drug-likeness (QED) is 0.794. The summed E-state index contributed by atoms with van der Waals surface area (Å²) in [5.74, 6) is 0.179. The van der Waals surface area contributed by atoms with Crippen molar-refractivity contribution in [2.45, 2.75) is 12.8 Å². The van der Waals surface area contributed by atoms with E-state index in [0.717, 1.165) is 48.2 Å². The molecule has 1 aromatic carbocycles. The van der Waals surface area contributed by atoms with Crippen LogP contribution in [0.3, 0.4) is 0 Å². The highest BCUT2D eigenvalue weighted by atomic mass is 79.9. The number of nitrogens with zero attached hydrogens (tertiary/aromatic N) is 2. The standard InChI is InChI=1S/C15H17BrN2O/c1-17-8-5-12(6-9-17)15(19)18-10-7-11-3-2-4-13(16)14(11)18/h2-5H,6-10H2,1H3. The summed E-state index contributed by atoms with van der Waals surface area (Å²) in [6.07, 6.45) is 3.87. The zero-order valence-electron chi connectivity index (χ0n) is 11.0. The topological polar surface area (TPSA) is 23.6 Å². The molecule has 19 heavy (non-hydrogen) atoms. The summed E-state index contributed by atoms with van der Waals surface area (Å²) >= 11 is 3.57. The molecule has 0 unspecified atom stereocenters. The van der Waals surface area contributed by atoms with Crippen molar-refractivity contribution in [1.82, 2.24) is 4.90 Å². The zero-order valence-corrected chi connectivity index (χ0v) is 12.6. The van der Waals surface area contributed by atoms with Crippen molar-refractivity contribution in [2.24, 2.45) is 0 Å². The van der Waals surface area contributed by atoms with Gasteiger partial charge in [-0.3, -0.25) is 4.79 Å². The molecule has 1 aromatic rings. The molecule has 3 nitrogen and oxygen atoms in total. The molecule has 0 atom stereocenters. The predicted molar refractivity (Wildman–Crippen MR) is 80.4 cm³/mol. The molecule has 4 heteroatoms. The van der Waals surface area contributed by atoms with Crippen LogP contribution in [0.5, 0.6) is 0 Å². The number of rotatable bonds is 1. The first-order valence-electron chi connectivity index (χ1n) is 6.63. The van der Waals surface area contributed by atoms with E-state index in [1.807, 2.05) is 17.0 Å². The van der Waals surface area contributed by atoms with Gasteiger partial charge >= 0.3 is 0 Å². The van der Waals surface area contributed by atoms with Crippen LogP contribution in [-0.2, 0) is 11.2 Å². The fourth-order valence-electron chi connectivity index (χ4n) is 2.75. The van der Waals surface area contributed by atoms with Gasteiger partial charge in [-0.1, -0.05) is 18.2 Å². The minimum absolute atomic E-state index is 0.179. The summed E-state index contributed by atoms with van der Waals surface area (Å²) in [6.45, 7) is 2.63. The van der Waals surface area contributed by atoms with E-state index in [4.69, 9.17) is 0 Å². The second-order valence-corrected chi connectivity index (χ2v) is 6.05. The molecule has 1 amide bonds. The smallest absolute Gasteiger partial charge is 0.254 e. The lowest BCUT2D eigenvalue weighted by molar-refractivity contribution is -0.115. The molecule has 2 aliphatic rings. The van der Waals surface area contributed by atoms with Gasteiger partial charge in [0.05, 0.1) is 5.69 Å². The van der Waals surface area contributed by atoms with Crippen molar-refractivity contribution < 1.29 is 4.79 Å². The van der Waals surface area contributed by atoms with Crippen LogP contribution in [0, 0.1) is 0 Å². The Morgan fingerprint density at radius 1 is 1.26 bits per heavy atom. The molecule has 3 rings (SSSR count). The van der Waals surface area contributed by atoms with Gasteiger partial charge in [-0.05, 0) is 47.4 Å². The van der Waals surface area contributed by atoms with E-state index in [-0.39, 0.29) is 5.91 Å². The number of amides is 1. The second kappa shape index (κ2) is 5.10. The maximum atomic E-state index is 12.6. The lowest BCUT2D eigenvalue weighted by Gasteiger charge is -2.25. The molecule has 2 heterocycles. The molecule has 0 saturated heterocycles. The van der Waals surface area contributed by atoms with E-state index in [1.54, 1.807) is 0 Å². The minimum Gasteiger partial charge on any atom is -0.307 e. The molecule has 0 aromatic heterocycles. The van der Waals surface area contributed by atoms with Crippen molar-refractivity contribution in [2.75, 3.05) is 31.6 Å². The highest BCUT2D eigenvalue weighted by Gasteiger charge is 2.29. The van der Waals surface area contributed by atoms with Crippen LogP contribution in [0.1, 0.15) is 12.0 Å². The lowest BCUT2D eigenvalue weighted by Crippen LogP contribution is -2.34. The van der Waals surface area contributed by atoms with Gasteiger partial charge in [0.25, 0.3) is 5.91 Å². The van der Waals surface area contributed by atoms with Crippen molar-refractivity contribution in [3.63, 3.8) is 0 Å². The minimum atomic E-state index is 0.179. The summed E-state index contributed by atoms with van der Waals surface area (Å²) in [5.41, 5.74) is 3.28. The van der Waals surface area contributed by atoms with E-state index in [1.165, 1.54) is 5.56 Å². The number of likely N-dealkylation sites (N-methyl/N-ethyl adjacent to an activating group) is 1. The van der Waals surface area contributed by atoms with Crippen LogP contribution in [-0.4, -0.2) is 37.5 Å². The Balaban J connectivity index is 1.88. The van der Waals surface area contributed by atoms with E-state index in [2.05, 4.69) is 40.0 Å². The van der Waals surface area contributed by atoms with Gasteiger partial charge in [-0.2, -0.15) is 0 Å². The first-order valence-corrected chi connectivity index (χ1v) is 7.43. The van der Waals surface area contributed by atoms with E-state index in [9.17, 15) is 4.79 Å². The highest BCUT2D eigenvalue weighted by Crippen LogP contribution is 2.36. The first-order chi connectivity index (χ1) is 9.16. The SMILES string of the molecule is CN1CC=C(C(=O)N2CCc3cccc(Br)c32)CC1. The van der Waals surface area contributed by atoms with Crippen LogP contribution in [0.2, 0.25) is 0 Å². The Bertz CT molecular complexity index is 553. The molecular weight excluding hydrogens is 304 g/mol. The third-order valence-electron chi connectivity index (χ3n) is 3.88. The third kappa shape index (κ3) is 2.35. The van der Waals surface area contributed by atoms with Crippen molar-refractivity contribution >= 4 is 27.5 Å². The van der Waals surface area contributed by atoms with Crippen LogP contribution >= 0.6 is 15.9 Å². The summed E-state index contributed by atoms with van der Waals surface area (Å²) in [4.78, 5) is 16.8. The predicted octanol–water partition coefficient (Wildman–Crippen LogP) is 2.60. The highest BCUT2D eigenvalue weighted by molar-refractivity contribution is 9.10. The number of anilines is 1. The molecule has 0 fully saturated rings. The summed E-state index contributed by atoms with van der Waals surface area (Å²) in [6, 6.07) is 6.15. The van der Waals surface area contributed by atoms with Gasteiger partial charge in [0.1, 0.15) is 0 Å².